The Morgan fingerprint density at radius 3 is 2.21 bits per heavy atom. The second-order valence-electron chi connectivity index (χ2n) is 4.96. The van der Waals surface area contributed by atoms with Crippen molar-refractivity contribution in [3.63, 3.8) is 0 Å². The molecule has 4 heteroatoms. The van der Waals surface area contributed by atoms with E-state index in [-0.39, 0.29) is 5.41 Å². The molecule has 2 aromatic rings. The molecule has 0 amide bonds. The quantitative estimate of drug-likeness (QED) is 0.930. The molecule has 1 atom stereocenters. The van der Waals surface area contributed by atoms with Crippen molar-refractivity contribution in [2.75, 3.05) is 6.54 Å². The molecule has 1 aromatic carbocycles. The van der Waals surface area contributed by atoms with Crippen LogP contribution in [0.25, 0.3) is 0 Å². The number of halogens is 2. The molecule has 0 saturated heterocycles. The van der Waals surface area contributed by atoms with Gasteiger partial charge in [0.25, 0.3) is 0 Å². The van der Waals surface area contributed by atoms with Gasteiger partial charge in [0.05, 0.1) is 0 Å². The van der Waals surface area contributed by atoms with E-state index in [0.29, 0.717) is 16.6 Å². The zero-order valence-corrected chi connectivity index (χ0v) is 12.2. The number of rotatable bonds is 4. The third kappa shape index (κ3) is 3.47. The van der Waals surface area contributed by atoms with Crippen molar-refractivity contribution in [3.05, 3.63) is 63.9 Å². The first kappa shape index (κ1) is 14.3. The molecule has 0 aliphatic carbocycles. The maximum Gasteiger partial charge on any atom is 0.0423 e. The molecule has 100 valence electrons. The van der Waals surface area contributed by atoms with Crippen LogP contribution in [0.5, 0.6) is 0 Å². The highest BCUT2D eigenvalue weighted by Crippen LogP contribution is 2.31. The third-order valence-electron chi connectivity index (χ3n) is 3.35. The maximum absolute atomic E-state index is 6.08. The molecular formula is C15H16Cl2N2. The Kier molecular flexibility index (Phi) is 4.46. The first-order chi connectivity index (χ1) is 9.03. The van der Waals surface area contributed by atoms with E-state index in [9.17, 15) is 0 Å². The van der Waals surface area contributed by atoms with E-state index in [0.717, 1.165) is 12.0 Å². The van der Waals surface area contributed by atoms with Crippen molar-refractivity contribution in [2.45, 2.75) is 18.8 Å². The highest BCUT2D eigenvalue weighted by molar-refractivity contribution is 6.34. The normalized spacial score (nSPS) is 14.1. The van der Waals surface area contributed by atoms with Crippen LogP contribution in [0.1, 0.15) is 18.1 Å². The van der Waals surface area contributed by atoms with Crippen LogP contribution >= 0.6 is 23.2 Å². The third-order valence-corrected chi connectivity index (χ3v) is 3.79. The van der Waals surface area contributed by atoms with Gasteiger partial charge in [0.15, 0.2) is 0 Å². The van der Waals surface area contributed by atoms with Crippen molar-refractivity contribution < 1.29 is 0 Å². The summed E-state index contributed by atoms with van der Waals surface area (Å²) in [5, 5.41) is 1.27. The second-order valence-corrected chi connectivity index (χ2v) is 5.83. The lowest BCUT2D eigenvalue weighted by atomic mass is 9.77. The average molecular weight is 295 g/mol. The SMILES string of the molecule is CC(CN)(Cc1ccncc1)c1cc(Cl)cc(Cl)c1. The number of hydrogen-bond donors (Lipinski definition) is 1. The van der Waals surface area contributed by atoms with Crippen molar-refractivity contribution >= 4 is 23.2 Å². The summed E-state index contributed by atoms with van der Waals surface area (Å²) >= 11 is 12.2. The topological polar surface area (TPSA) is 38.9 Å². The minimum Gasteiger partial charge on any atom is -0.330 e. The summed E-state index contributed by atoms with van der Waals surface area (Å²) in [7, 11) is 0. The summed E-state index contributed by atoms with van der Waals surface area (Å²) in [5.74, 6) is 0. The maximum atomic E-state index is 6.08. The number of nitrogens with zero attached hydrogens (tertiary/aromatic N) is 1. The van der Waals surface area contributed by atoms with Gasteiger partial charge in [-0.1, -0.05) is 30.1 Å². The monoisotopic (exact) mass is 294 g/mol. The number of hydrogen-bond acceptors (Lipinski definition) is 2. The fourth-order valence-corrected chi connectivity index (χ4v) is 2.67. The molecule has 2 rings (SSSR count). The van der Waals surface area contributed by atoms with E-state index in [2.05, 4.69) is 11.9 Å². The molecule has 2 N–H and O–H groups in total. The second kappa shape index (κ2) is 5.91. The minimum absolute atomic E-state index is 0.199. The molecule has 0 aliphatic heterocycles. The lowest BCUT2D eigenvalue weighted by molar-refractivity contribution is 0.481. The molecule has 0 aliphatic rings. The predicted molar refractivity (Wildman–Crippen MR) is 80.8 cm³/mol. The van der Waals surface area contributed by atoms with Gasteiger partial charge in [-0.15, -0.1) is 0 Å². The van der Waals surface area contributed by atoms with E-state index in [4.69, 9.17) is 28.9 Å². The molecule has 2 nitrogen and oxygen atoms in total. The zero-order valence-electron chi connectivity index (χ0n) is 10.7. The van der Waals surface area contributed by atoms with E-state index in [1.165, 1.54) is 5.56 Å². The molecule has 1 aromatic heterocycles. The summed E-state index contributed by atoms with van der Waals surface area (Å²) in [6.45, 7) is 2.64. The Bertz CT molecular complexity index is 537. The first-order valence-corrected chi connectivity index (χ1v) is 6.85. The van der Waals surface area contributed by atoms with Gasteiger partial charge < -0.3 is 5.73 Å². The summed E-state index contributed by atoms with van der Waals surface area (Å²) < 4.78 is 0. The van der Waals surface area contributed by atoms with E-state index >= 15 is 0 Å². The lowest BCUT2D eigenvalue weighted by Gasteiger charge is -2.29. The molecule has 1 heterocycles. The van der Waals surface area contributed by atoms with E-state index < -0.39 is 0 Å². The van der Waals surface area contributed by atoms with E-state index in [1.54, 1.807) is 18.5 Å². The van der Waals surface area contributed by atoms with Crippen LogP contribution in [0.3, 0.4) is 0 Å². The van der Waals surface area contributed by atoms with Crippen molar-refractivity contribution in [1.29, 1.82) is 0 Å². The van der Waals surface area contributed by atoms with Gasteiger partial charge in [-0.2, -0.15) is 0 Å². The Morgan fingerprint density at radius 1 is 1.11 bits per heavy atom. The summed E-state index contributed by atoms with van der Waals surface area (Å²) in [6.07, 6.45) is 4.40. The molecule has 0 bridgehead atoms. The van der Waals surface area contributed by atoms with Gasteiger partial charge in [0, 0.05) is 34.4 Å². The van der Waals surface area contributed by atoms with Crippen LogP contribution in [0, 0.1) is 0 Å². The standard InChI is InChI=1S/C15H16Cl2N2/c1-15(10-18,9-11-2-4-19-5-3-11)12-6-13(16)8-14(17)7-12/h2-8H,9-10,18H2,1H3. The van der Waals surface area contributed by atoms with Gasteiger partial charge in [0.1, 0.15) is 0 Å². The number of benzene rings is 1. The largest absolute Gasteiger partial charge is 0.330 e. The van der Waals surface area contributed by atoms with E-state index in [1.807, 2.05) is 24.3 Å². The predicted octanol–water partition coefficient (Wildman–Crippen LogP) is 3.85. The Labute approximate surface area is 123 Å². The minimum atomic E-state index is -0.199. The summed E-state index contributed by atoms with van der Waals surface area (Å²) in [6, 6.07) is 9.60. The van der Waals surface area contributed by atoms with Crippen LogP contribution in [-0.4, -0.2) is 11.5 Å². The molecule has 0 saturated carbocycles. The Hall–Kier alpha value is -1.09. The van der Waals surface area contributed by atoms with Gasteiger partial charge in [-0.25, -0.2) is 0 Å². The van der Waals surface area contributed by atoms with Crippen molar-refractivity contribution in [3.8, 4) is 0 Å². The van der Waals surface area contributed by atoms with Crippen molar-refractivity contribution in [2.24, 2.45) is 5.73 Å². The fourth-order valence-electron chi connectivity index (χ4n) is 2.15. The molecule has 19 heavy (non-hydrogen) atoms. The molecular weight excluding hydrogens is 279 g/mol. The highest BCUT2D eigenvalue weighted by atomic mass is 35.5. The molecule has 0 radical (unpaired) electrons. The van der Waals surface area contributed by atoms with Crippen LogP contribution in [0.15, 0.2) is 42.7 Å². The summed E-state index contributed by atoms with van der Waals surface area (Å²) in [4.78, 5) is 4.03. The highest BCUT2D eigenvalue weighted by Gasteiger charge is 2.26. The van der Waals surface area contributed by atoms with Crippen LogP contribution in [0.2, 0.25) is 10.0 Å². The van der Waals surface area contributed by atoms with Crippen LogP contribution in [-0.2, 0) is 11.8 Å². The van der Waals surface area contributed by atoms with Gasteiger partial charge in [0.2, 0.25) is 0 Å². The average Bonchev–Trinajstić information content (AvgIpc) is 2.38. The number of pyridine rings is 1. The molecule has 0 spiro atoms. The van der Waals surface area contributed by atoms with Gasteiger partial charge >= 0.3 is 0 Å². The van der Waals surface area contributed by atoms with Gasteiger partial charge in [-0.05, 0) is 47.9 Å². The Balaban J connectivity index is 2.36. The molecule has 1 unspecified atom stereocenters. The van der Waals surface area contributed by atoms with Crippen molar-refractivity contribution in [1.82, 2.24) is 4.98 Å². The smallest absolute Gasteiger partial charge is 0.0423 e. The van der Waals surface area contributed by atoms with Crippen LogP contribution < -0.4 is 5.73 Å². The first-order valence-electron chi connectivity index (χ1n) is 6.09. The van der Waals surface area contributed by atoms with Gasteiger partial charge in [-0.3, -0.25) is 4.98 Å². The lowest BCUT2D eigenvalue weighted by Crippen LogP contribution is -2.34. The molecule has 0 fully saturated rings. The number of nitrogens with two attached hydrogens (primary N) is 1. The fraction of sp³-hybridized carbons (Fsp3) is 0.267. The van der Waals surface area contributed by atoms with Crippen LogP contribution in [0.4, 0.5) is 0 Å². The Morgan fingerprint density at radius 2 is 1.68 bits per heavy atom. The zero-order chi connectivity index (χ0) is 13.9. The summed E-state index contributed by atoms with van der Waals surface area (Å²) in [5.41, 5.74) is 8.04. The number of aromatic nitrogens is 1.